The first-order valence-electron chi connectivity index (χ1n) is 9.20. The van der Waals surface area contributed by atoms with Gasteiger partial charge in [0.05, 0.1) is 5.56 Å². The zero-order valence-corrected chi connectivity index (χ0v) is 16.5. The number of oxazole rings is 1. The first-order valence-corrected chi connectivity index (χ1v) is 9.20. The van der Waals surface area contributed by atoms with Gasteiger partial charge in [0.1, 0.15) is 5.52 Å². The Bertz CT molecular complexity index is 954. The smallest absolute Gasteiger partial charge is 1.00 e. The largest absolute Gasteiger partial charge is 1.00 e. The fraction of sp³-hybridized carbons (Fsp3) is 0.333. The molecule has 0 radical (unpaired) electrons. The van der Waals surface area contributed by atoms with Gasteiger partial charge in [-0.05, 0) is 31.5 Å². The van der Waals surface area contributed by atoms with Crippen molar-refractivity contribution in [1.82, 2.24) is 9.88 Å². The van der Waals surface area contributed by atoms with Crippen LogP contribution in [0.2, 0.25) is 0 Å². The number of carbonyl (C=O) groups is 1. The number of aromatic nitrogens is 1. The van der Waals surface area contributed by atoms with Crippen molar-refractivity contribution in [3.63, 3.8) is 0 Å². The van der Waals surface area contributed by atoms with Gasteiger partial charge in [0.2, 0.25) is 0 Å². The molecule has 2 aromatic carbocycles. The number of carboxylic acids is 1. The summed E-state index contributed by atoms with van der Waals surface area (Å²) in [5, 5.41) is 9.38. The van der Waals surface area contributed by atoms with E-state index < -0.39 is 5.97 Å². The number of carboxylic acid groups (broad SMARTS) is 1. The van der Waals surface area contributed by atoms with Gasteiger partial charge in [-0.3, -0.25) is 4.90 Å². The minimum atomic E-state index is -0.991. The second-order valence-electron chi connectivity index (χ2n) is 7.24. The second-order valence-corrected chi connectivity index (χ2v) is 7.24. The first-order chi connectivity index (χ1) is 13.0. The molecular formula is C21H24LiN3O3. The van der Waals surface area contributed by atoms with Gasteiger partial charge in [0, 0.05) is 31.7 Å². The van der Waals surface area contributed by atoms with E-state index in [4.69, 9.17) is 4.42 Å². The molecule has 28 heavy (non-hydrogen) atoms. The predicted molar refractivity (Wildman–Crippen MR) is 105 cm³/mol. The number of nitrogens with zero attached hydrogens (tertiary/aromatic N) is 3. The van der Waals surface area contributed by atoms with Gasteiger partial charge in [-0.1, -0.05) is 36.4 Å². The molecule has 0 unspecified atom stereocenters. The molecule has 1 aliphatic heterocycles. The van der Waals surface area contributed by atoms with E-state index in [9.17, 15) is 9.90 Å². The van der Waals surface area contributed by atoms with Gasteiger partial charge >= 0.3 is 24.8 Å². The molecule has 2 atom stereocenters. The summed E-state index contributed by atoms with van der Waals surface area (Å²) in [6.07, 6.45) is 0. The summed E-state index contributed by atoms with van der Waals surface area (Å²) >= 11 is 0. The van der Waals surface area contributed by atoms with Crippen LogP contribution in [0.4, 0.5) is 6.01 Å². The van der Waals surface area contributed by atoms with Gasteiger partial charge in [0.25, 0.3) is 6.01 Å². The number of aromatic carboxylic acids is 1. The number of para-hydroxylation sites is 1. The van der Waals surface area contributed by atoms with Crippen LogP contribution in [0.15, 0.2) is 52.9 Å². The van der Waals surface area contributed by atoms with Crippen LogP contribution in [0.3, 0.4) is 0 Å². The molecule has 1 N–H and O–H groups in total. The molecule has 142 valence electrons. The van der Waals surface area contributed by atoms with Crippen LogP contribution in [0.25, 0.3) is 11.1 Å². The van der Waals surface area contributed by atoms with Crippen molar-refractivity contribution in [2.45, 2.75) is 32.5 Å². The normalized spacial score (nSPS) is 20.1. The van der Waals surface area contributed by atoms with Crippen LogP contribution in [0.5, 0.6) is 0 Å². The summed E-state index contributed by atoms with van der Waals surface area (Å²) < 4.78 is 5.93. The van der Waals surface area contributed by atoms with Crippen LogP contribution in [-0.4, -0.2) is 46.1 Å². The molecule has 1 fully saturated rings. The molecule has 1 aromatic heterocycles. The van der Waals surface area contributed by atoms with Crippen molar-refractivity contribution >= 4 is 23.1 Å². The van der Waals surface area contributed by atoms with Crippen LogP contribution in [0.1, 0.15) is 31.2 Å². The third-order valence-electron chi connectivity index (χ3n) is 5.10. The summed E-state index contributed by atoms with van der Waals surface area (Å²) in [4.78, 5) is 20.6. The number of benzene rings is 2. The number of anilines is 1. The summed E-state index contributed by atoms with van der Waals surface area (Å²) in [6, 6.07) is 16.4. The Morgan fingerprint density at radius 1 is 1.14 bits per heavy atom. The fourth-order valence-electron chi connectivity index (χ4n) is 4.00. The Labute approximate surface area is 177 Å². The summed E-state index contributed by atoms with van der Waals surface area (Å²) in [5.41, 5.74) is 2.39. The maximum atomic E-state index is 11.4. The molecular weight excluding hydrogens is 349 g/mol. The third kappa shape index (κ3) is 3.95. The summed E-state index contributed by atoms with van der Waals surface area (Å²) in [7, 11) is 0. The number of rotatable bonds is 4. The van der Waals surface area contributed by atoms with E-state index in [1.54, 1.807) is 18.2 Å². The van der Waals surface area contributed by atoms with Crippen molar-refractivity contribution in [2.24, 2.45) is 0 Å². The van der Waals surface area contributed by atoms with Crippen molar-refractivity contribution in [1.29, 1.82) is 0 Å². The first kappa shape index (κ1) is 20.5. The Hall–Kier alpha value is -2.26. The van der Waals surface area contributed by atoms with E-state index in [1.165, 1.54) is 5.56 Å². The van der Waals surface area contributed by atoms with Crippen LogP contribution in [-0.2, 0) is 6.54 Å². The number of hydrogen-bond acceptors (Lipinski definition) is 5. The molecule has 0 bridgehead atoms. The molecule has 1 aliphatic rings. The Morgan fingerprint density at radius 2 is 1.82 bits per heavy atom. The third-order valence-corrected chi connectivity index (χ3v) is 5.10. The average Bonchev–Trinajstić information content (AvgIpc) is 3.05. The number of fused-ring (bicyclic) bond motifs is 1. The molecule has 7 heteroatoms. The van der Waals surface area contributed by atoms with Crippen molar-refractivity contribution in [3.05, 3.63) is 59.7 Å². The van der Waals surface area contributed by atoms with Gasteiger partial charge in [-0.25, -0.2) is 4.79 Å². The Kier molecular flexibility index (Phi) is 6.14. The zero-order valence-electron chi connectivity index (χ0n) is 17.5. The summed E-state index contributed by atoms with van der Waals surface area (Å²) in [5.74, 6) is -0.991. The van der Waals surface area contributed by atoms with Crippen molar-refractivity contribution < 1.29 is 34.6 Å². The Balaban J connectivity index is 0.00000150. The molecule has 3 aromatic rings. The Morgan fingerprint density at radius 3 is 2.46 bits per heavy atom. The fourth-order valence-corrected chi connectivity index (χ4v) is 4.00. The summed E-state index contributed by atoms with van der Waals surface area (Å²) in [6.45, 7) is 7.01. The quantitative estimate of drug-likeness (QED) is 0.681. The second kappa shape index (κ2) is 8.40. The average molecular weight is 373 g/mol. The minimum Gasteiger partial charge on any atom is -1.00 e. The van der Waals surface area contributed by atoms with Crippen LogP contribution >= 0.6 is 0 Å². The van der Waals surface area contributed by atoms with Crippen molar-refractivity contribution in [2.75, 3.05) is 18.0 Å². The van der Waals surface area contributed by atoms with Crippen LogP contribution in [0, 0.1) is 0 Å². The molecule has 6 nitrogen and oxygen atoms in total. The van der Waals surface area contributed by atoms with Gasteiger partial charge in [0.15, 0.2) is 5.58 Å². The molecule has 1 saturated heterocycles. The van der Waals surface area contributed by atoms with E-state index in [0.29, 0.717) is 17.1 Å². The zero-order chi connectivity index (χ0) is 19.0. The SMILES string of the molecule is C[C@H]1CN(Cc2ccccc2)C[C@H](C)N1c1nc2c(C(=O)O)cccc2o1.[H-].[Li+]. The van der Waals surface area contributed by atoms with E-state index in [2.05, 4.69) is 52.9 Å². The molecule has 2 heterocycles. The minimum absolute atomic E-state index is 0. The topological polar surface area (TPSA) is 69.8 Å². The van der Waals surface area contributed by atoms with Gasteiger partial charge in [-0.2, -0.15) is 4.98 Å². The maximum absolute atomic E-state index is 11.4. The van der Waals surface area contributed by atoms with Gasteiger partial charge in [-0.15, -0.1) is 0 Å². The maximum Gasteiger partial charge on any atom is 1.00 e. The van der Waals surface area contributed by atoms with Gasteiger partial charge < -0.3 is 15.9 Å². The van der Waals surface area contributed by atoms with E-state index >= 15 is 0 Å². The van der Waals surface area contributed by atoms with E-state index in [0.717, 1.165) is 19.6 Å². The molecule has 0 spiro atoms. The standard InChI is InChI=1S/C21H23N3O3.Li.H/c1-14-11-23(13-16-7-4-3-5-8-16)12-15(2)24(14)21-22-19-17(20(25)26)9-6-10-18(19)27-21;;/h3-10,14-15H,11-13H2,1-2H3,(H,25,26);;/q;+1;-1/t14-,15-;;/m0../s1. The monoisotopic (exact) mass is 373 g/mol. The van der Waals surface area contributed by atoms with Crippen LogP contribution < -0.4 is 23.8 Å². The van der Waals surface area contributed by atoms with Crippen molar-refractivity contribution in [3.8, 4) is 0 Å². The number of piperazine rings is 1. The van der Waals surface area contributed by atoms with E-state index in [1.807, 2.05) is 6.07 Å². The number of hydrogen-bond donors (Lipinski definition) is 1. The van der Waals surface area contributed by atoms with E-state index in [-0.39, 0.29) is 37.9 Å². The molecule has 0 amide bonds. The molecule has 0 saturated carbocycles. The predicted octanol–water partition coefficient (Wildman–Crippen LogP) is 0.742. The molecule has 4 rings (SSSR count). The molecule has 0 aliphatic carbocycles.